The highest BCUT2D eigenvalue weighted by Crippen LogP contribution is 2.31. The molecule has 0 atom stereocenters. The lowest BCUT2D eigenvalue weighted by Gasteiger charge is -2.34. The van der Waals surface area contributed by atoms with Crippen LogP contribution in [0.15, 0.2) is 78.1 Å². The van der Waals surface area contributed by atoms with E-state index < -0.39 is 34.3 Å². The third-order valence-corrected chi connectivity index (χ3v) is 9.75. The molecule has 0 aliphatic carbocycles. The molecule has 21 heteroatoms. The van der Waals surface area contributed by atoms with Gasteiger partial charge in [0.15, 0.2) is 0 Å². The lowest BCUT2D eigenvalue weighted by atomic mass is 10.1. The number of hydrogen-bond acceptors (Lipinski definition) is 9. The summed E-state index contributed by atoms with van der Waals surface area (Å²) >= 11 is 6.42. The molecule has 0 spiro atoms. The number of halogens is 7. The molecule has 1 aliphatic heterocycles. The molecule has 288 valence electrons. The number of carboxylic acid groups (broad SMARTS) is 2. The van der Waals surface area contributed by atoms with Crippen molar-refractivity contribution < 1.29 is 59.4 Å². The number of fused-ring (bicyclic) bond motifs is 2. The van der Waals surface area contributed by atoms with Crippen LogP contribution in [0.1, 0.15) is 16.7 Å². The second kappa shape index (κ2) is 16.3. The molecule has 1 amide bonds. The summed E-state index contributed by atoms with van der Waals surface area (Å²) in [7, 11) is -3.83. The molecule has 6 rings (SSSR count). The lowest BCUT2D eigenvalue weighted by Crippen LogP contribution is -2.49. The van der Waals surface area contributed by atoms with Gasteiger partial charge >= 0.3 is 24.3 Å². The number of benzene rings is 3. The van der Waals surface area contributed by atoms with E-state index in [4.69, 9.17) is 37.1 Å². The molecular formula is C33H29ClF6N6O7S. The fourth-order valence-electron chi connectivity index (χ4n) is 5.08. The van der Waals surface area contributed by atoms with Gasteiger partial charge in [0.1, 0.15) is 12.1 Å². The van der Waals surface area contributed by atoms with Gasteiger partial charge < -0.3 is 20.8 Å². The standard InChI is InChI=1S/C29H27ClN6O3S.2C2HF3O2/c1-19-2-6-22(7-3-19)40(38,39)36-16-25(30)23-8-4-21(13-27(23)36)14-34-10-11-35(28(37)17-34)15-20-5-9-24-26(12-20)32-18-33-29(24)31;2*3-2(4,5)1(6)7/h2-9,12-13,16,18H,10-11,14-15,17H2,1H3,(H2,31,32,33);2*(H,6,7). The number of piperazine rings is 1. The van der Waals surface area contributed by atoms with E-state index in [1.807, 2.05) is 48.2 Å². The van der Waals surface area contributed by atoms with Gasteiger partial charge in [0, 0.05) is 43.1 Å². The first-order chi connectivity index (χ1) is 25.1. The molecule has 54 heavy (non-hydrogen) atoms. The number of carbonyl (C=O) groups is 3. The van der Waals surface area contributed by atoms with E-state index in [9.17, 15) is 39.6 Å². The zero-order chi connectivity index (χ0) is 40.2. The number of hydrogen-bond donors (Lipinski definition) is 3. The minimum absolute atomic E-state index is 0.0306. The second-order valence-electron chi connectivity index (χ2n) is 11.7. The summed E-state index contributed by atoms with van der Waals surface area (Å²) in [6, 6.07) is 18.1. The van der Waals surface area contributed by atoms with Crippen molar-refractivity contribution in [1.29, 1.82) is 0 Å². The molecule has 0 bridgehead atoms. The Bertz CT molecular complexity index is 2280. The molecule has 0 radical (unpaired) electrons. The molecular weight excluding hydrogens is 774 g/mol. The van der Waals surface area contributed by atoms with Crippen molar-refractivity contribution in [3.63, 3.8) is 0 Å². The second-order valence-corrected chi connectivity index (χ2v) is 13.9. The topological polar surface area (TPSA) is 189 Å². The third kappa shape index (κ3) is 10.1. The molecule has 3 heterocycles. The number of alkyl halides is 6. The van der Waals surface area contributed by atoms with Crippen molar-refractivity contribution in [2.45, 2.75) is 37.3 Å². The fraction of sp³-hybridized carbons (Fsp3) is 0.242. The summed E-state index contributed by atoms with van der Waals surface area (Å²) in [6.07, 6.45) is -7.29. The van der Waals surface area contributed by atoms with Gasteiger partial charge in [-0.1, -0.05) is 47.5 Å². The minimum atomic E-state index is -5.08. The zero-order valence-electron chi connectivity index (χ0n) is 27.8. The Labute approximate surface area is 307 Å². The number of carbonyl (C=O) groups excluding carboxylic acids is 1. The number of aromatic nitrogens is 3. The van der Waals surface area contributed by atoms with Crippen LogP contribution < -0.4 is 5.73 Å². The van der Waals surface area contributed by atoms with Crippen LogP contribution in [0.2, 0.25) is 5.02 Å². The number of rotatable bonds is 6. The van der Waals surface area contributed by atoms with Gasteiger partial charge in [-0.2, -0.15) is 26.3 Å². The number of anilines is 1. The van der Waals surface area contributed by atoms with Crippen molar-refractivity contribution in [1.82, 2.24) is 23.7 Å². The van der Waals surface area contributed by atoms with Crippen LogP contribution in [0, 0.1) is 6.92 Å². The summed E-state index contributed by atoms with van der Waals surface area (Å²) in [5.74, 6) is -5.05. The van der Waals surface area contributed by atoms with Crippen LogP contribution in [0.3, 0.4) is 0 Å². The van der Waals surface area contributed by atoms with Crippen molar-refractivity contribution >= 4 is 67.1 Å². The largest absolute Gasteiger partial charge is 0.490 e. The monoisotopic (exact) mass is 802 g/mol. The molecule has 4 N–H and O–H groups in total. The number of amides is 1. The van der Waals surface area contributed by atoms with Crippen LogP contribution in [-0.2, 0) is 37.5 Å². The van der Waals surface area contributed by atoms with E-state index in [0.717, 1.165) is 27.6 Å². The van der Waals surface area contributed by atoms with Crippen molar-refractivity contribution in [2.75, 3.05) is 25.4 Å². The van der Waals surface area contributed by atoms with E-state index >= 15 is 0 Å². The minimum Gasteiger partial charge on any atom is -0.475 e. The summed E-state index contributed by atoms with van der Waals surface area (Å²) in [5, 5.41) is 16.1. The highest BCUT2D eigenvalue weighted by Gasteiger charge is 2.39. The number of aryl methyl sites for hydroxylation is 1. The maximum Gasteiger partial charge on any atom is 0.490 e. The van der Waals surface area contributed by atoms with Crippen LogP contribution in [-0.4, -0.2) is 92.2 Å². The first-order valence-electron chi connectivity index (χ1n) is 15.3. The fourth-order valence-corrected chi connectivity index (χ4v) is 6.76. The molecule has 1 saturated heterocycles. The van der Waals surface area contributed by atoms with Gasteiger partial charge in [-0.3, -0.25) is 9.69 Å². The quantitative estimate of drug-likeness (QED) is 0.185. The third-order valence-electron chi connectivity index (χ3n) is 7.76. The first kappa shape index (κ1) is 41.3. The molecule has 0 unspecified atom stereocenters. The Morgan fingerprint density at radius 3 is 1.96 bits per heavy atom. The van der Waals surface area contributed by atoms with E-state index in [2.05, 4.69) is 14.9 Å². The average Bonchev–Trinajstić information content (AvgIpc) is 3.42. The van der Waals surface area contributed by atoms with Crippen LogP contribution in [0.4, 0.5) is 32.2 Å². The van der Waals surface area contributed by atoms with E-state index in [1.54, 1.807) is 24.3 Å². The maximum absolute atomic E-state index is 13.4. The Kier molecular flexibility index (Phi) is 12.4. The highest BCUT2D eigenvalue weighted by atomic mass is 35.5. The van der Waals surface area contributed by atoms with Crippen molar-refractivity contribution in [3.8, 4) is 0 Å². The smallest absolute Gasteiger partial charge is 0.475 e. The number of nitrogens with zero attached hydrogens (tertiary/aromatic N) is 5. The van der Waals surface area contributed by atoms with Gasteiger partial charge in [0.25, 0.3) is 10.0 Å². The van der Waals surface area contributed by atoms with Gasteiger partial charge in [0.2, 0.25) is 5.91 Å². The first-order valence-corrected chi connectivity index (χ1v) is 17.1. The highest BCUT2D eigenvalue weighted by molar-refractivity contribution is 7.90. The average molecular weight is 803 g/mol. The van der Waals surface area contributed by atoms with E-state index in [-0.39, 0.29) is 17.3 Å². The summed E-state index contributed by atoms with van der Waals surface area (Å²) in [6.45, 7) is 4.44. The van der Waals surface area contributed by atoms with Gasteiger partial charge in [-0.15, -0.1) is 0 Å². The SMILES string of the molecule is Cc1ccc(S(=O)(=O)n2cc(Cl)c3ccc(CN4CCN(Cc5ccc6c(N)ncnc6c5)C(=O)C4)cc32)cc1.O=C(O)C(F)(F)F.O=C(O)C(F)(F)F. The molecule has 0 saturated carbocycles. The van der Waals surface area contributed by atoms with Crippen molar-refractivity contribution in [3.05, 3.63) is 94.9 Å². The zero-order valence-corrected chi connectivity index (χ0v) is 29.3. The lowest BCUT2D eigenvalue weighted by molar-refractivity contribution is -0.193. The Morgan fingerprint density at radius 2 is 1.41 bits per heavy atom. The Hall–Kier alpha value is -5.47. The predicted octanol–water partition coefficient (Wildman–Crippen LogP) is 5.48. The van der Waals surface area contributed by atoms with Gasteiger partial charge in [0.05, 0.1) is 27.5 Å². The van der Waals surface area contributed by atoms with Gasteiger partial charge in [-0.25, -0.2) is 31.9 Å². The Balaban J connectivity index is 0.000000396. The maximum atomic E-state index is 13.4. The molecule has 3 aromatic carbocycles. The summed E-state index contributed by atoms with van der Waals surface area (Å²) in [4.78, 5) is 43.2. The van der Waals surface area contributed by atoms with Crippen LogP contribution in [0.25, 0.3) is 21.8 Å². The van der Waals surface area contributed by atoms with E-state index in [0.29, 0.717) is 47.9 Å². The normalized spacial score (nSPS) is 13.9. The molecule has 5 aromatic rings. The van der Waals surface area contributed by atoms with E-state index in [1.165, 1.54) is 16.5 Å². The Morgan fingerprint density at radius 1 is 0.852 bits per heavy atom. The molecule has 13 nitrogen and oxygen atoms in total. The molecule has 1 fully saturated rings. The number of nitrogen functional groups attached to an aromatic ring is 1. The molecule has 1 aliphatic rings. The van der Waals surface area contributed by atoms with Crippen molar-refractivity contribution in [2.24, 2.45) is 0 Å². The predicted molar refractivity (Wildman–Crippen MR) is 183 cm³/mol. The summed E-state index contributed by atoms with van der Waals surface area (Å²) < 4.78 is 91.6. The number of nitrogens with two attached hydrogens (primary N) is 1. The number of carboxylic acids is 2. The van der Waals surface area contributed by atoms with Gasteiger partial charge in [-0.05, 0) is 48.4 Å². The van der Waals surface area contributed by atoms with Crippen LogP contribution in [0.5, 0.6) is 0 Å². The molecule has 2 aromatic heterocycles. The summed E-state index contributed by atoms with van der Waals surface area (Å²) in [5.41, 5.74) is 10.0. The number of aliphatic carboxylic acids is 2. The van der Waals surface area contributed by atoms with Crippen LogP contribution >= 0.6 is 11.6 Å².